The summed E-state index contributed by atoms with van der Waals surface area (Å²) in [5, 5.41) is 7.38. The van der Waals surface area contributed by atoms with Crippen molar-refractivity contribution in [3.8, 4) is 28.8 Å². The number of aromatic nitrogens is 4. The molecule has 1 aliphatic carbocycles. The molecule has 0 fully saturated rings. The number of benzene rings is 4. The summed E-state index contributed by atoms with van der Waals surface area (Å²) in [5.41, 5.74) is 9.48. The first-order valence-corrected chi connectivity index (χ1v) is 17.0. The predicted molar refractivity (Wildman–Crippen MR) is 198 cm³/mol. The van der Waals surface area contributed by atoms with Crippen LogP contribution in [0, 0.1) is 19.8 Å². The van der Waals surface area contributed by atoms with Gasteiger partial charge in [-0.1, -0.05) is 73.2 Å². The lowest BCUT2D eigenvalue weighted by Gasteiger charge is -2.34. The van der Waals surface area contributed by atoms with E-state index in [9.17, 15) is 0 Å². The second-order valence-corrected chi connectivity index (χ2v) is 13.3. The molecule has 0 saturated heterocycles. The molecular formula is C43H40N4O2. The summed E-state index contributed by atoms with van der Waals surface area (Å²) in [6.45, 7) is 9.03. The number of rotatable bonds is 7. The van der Waals surface area contributed by atoms with Gasteiger partial charge in [-0.3, -0.25) is 4.57 Å². The zero-order valence-electron chi connectivity index (χ0n) is 28.6. The summed E-state index contributed by atoms with van der Waals surface area (Å²) in [7, 11) is 1.67. The highest BCUT2D eigenvalue weighted by Crippen LogP contribution is 2.46. The standard InChI is InChI=1S/C43H40N4O2/c1-27-22-32(31-12-7-6-8-13-31)23-28(2)42(27)43-29(3)45-47(30(43)4)33-14-11-15-35(24-33)49-36-18-19-38-37-16-9-10-17-39(37)46(40(38)25-36)41-26-34(48-5)20-21-44-41/h6-22,24-26,28,32,42H,23H2,1-5H3/t28-,32-,42?/m0/s1. The van der Waals surface area contributed by atoms with E-state index in [0.29, 0.717) is 17.8 Å². The lowest BCUT2D eigenvalue weighted by atomic mass is 9.70. The fourth-order valence-electron chi connectivity index (χ4n) is 8.00. The van der Waals surface area contributed by atoms with Gasteiger partial charge in [0.2, 0.25) is 0 Å². The average Bonchev–Trinajstić information content (AvgIpc) is 3.61. The highest BCUT2D eigenvalue weighted by Gasteiger charge is 2.33. The topological polar surface area (TPSA) is 54.1 Å². The van der Waals surface area contributed by atoms with Gasteiger partial charge in [-0.05, 0) is 75.1 Å². The van der Waals surface area contributed by atoms with Crippen LogP contribution in [0.5, 0.6) is 17.2 Å². The van der Waals surface area contributed by atoms with Crippen LogP contribution in [0.25, 0.3) is 33.3 Å². The Labute approximate surface area is 287 Å². The Morgan fingerprint density at radius 3 is 2.33 bits per heavy atom. The number of pyridine rings is 1. The zero-order chi connectivity index (χ0) is 33.6. The lowest BCUT2D eigenvalue weighted by Crippen LogP contribution is -2.20. The maximum atomic E-state index is 6.55. The highest BCUT2D eigenvalue weighted by molar-refractivity contribution is 6.09. The molecule has 0 radical (unpaired) electrons. The molecular weight excluding hydrogens is 604 g/mol. The Morgan fingerprint density at radius 2 is 1.51 bits per heavy atom. The molecule has 8 rings (SSSR count). The van der Waals surface area contributed by atoms with Gasteiger partial charge < -0.3 is 9.47 Å². The zero-order valence-corrected chi connectivity index (χ0v) is 28.6. The molecule has 1 aliphatic rings. The number of aryl methyl sites for hydroxylation is 1. The van der Waals surface area contributed by atoms with Crippen LogP contribution in [0.1, 0.15) is 54.6 Å². The van der Waals surface area contributed by atoms with Crippen LogP contribution in [-0.4, -0.2) is 26.4 Å². The fraction of sp³-hybridized carbons (Fsp3) is 0.209. The summed E-state index contributed by atoms with van der Waals surface area (Å²) >= 11 is 0. The van der Waals surface area contributed by atoms with Crippen LogP contribution < -0.4 is 9.47 Å². The molecule has 0 aliphatic heterocycles. The van der Waals surface area contributed by atoms with Crippen LogP contribution >= 0.6 is 0 Å². The van der Waals surface area contributed by atoms with Crippen molar-refractivity contribution in [2.75, 3.05) is 7.11 Å². The van der Waals surface area contributed by atoms with Crippen LogP contribution in [0.3, 0.4) is 0 Å². The van der Waals surface area contributed by atoms with E-state index in [1.165, 1.54) is 22.4 Å². The van der Waals surface area contributed by atoms with Gasteiger partial charge in [0.15, 0.2) is 0 Å². The summed E-state index contributed by atoms with van der Waals surface area (Å²) < 4.78 is 16.3. The number of allylic oxidation sites excluding steroid dienone is 2. The van der Waals surface area contributed by atoms with Crippen LogP contribution in [0.4, 0.5) is 0 Å². The number of hydrogen-bond donors (Lipinski definition) is 0. The van der Waals surface area contributed by atoms with Gasteiger partial charge in [0.1, 0.15) is 23.1 Å². The quantitative estimate of drug-likeness (QED) is 0.162. The van der Waals surface area contributed by atoms with Gasteiger partial charge in [-0.2, -0.15) is 5.10 Å². The van der Waals surface area contributed by atoms with Crippen molar-refractivity contribution in [1.82, 2.24) is 19.3 Å². The van der Waals surface area contributed by atoms with E-state index < -0.39 is 0 Å². The third-order valence-corrected chi connectivity index (χ3v) is 10.2. The monoisotopic (exact) mass is 644 g/mol. The minimum Gasteiger partial charge on any atom is -0.497 e. The first kappa shape index (κ1) is 30.7. The van der Waals surface area contributed by atoms with Crippen LogP contribution in [-0.2, 0) is 0 Å². The Hall–Kier alpha value is -5.62. The molecule has 1 unspecified atom stereocenters. The van der Waals surface area contributed by atoms with E-state index in [1.807, 2.05) is 30.3 Å². The lowest BCUT2D eigenvalue weighted by molar-refractivity contribution is 0.414. The summed E-state index contributed by atoms with van der Waals surface area (Å²) in [4.78, 5) is 4.70. The molecule has 3 heterocycles. The highest BCUT2D eigenvalue weighted by atomic mass is 16.5. The fourth-order valence-corrected chi connectivity index (χ4v) is 8.00. The molecule has 244 valence electrons. The third kappa shape index (κ3) is 5.47. The van der Waals surface area contributed by atoms with E-state index in [0.717, 1.165) is 62.7 Å². The molecule has 3 atom stereocenters. The molecule has 3 aromatic heterocycles. The molecule has 0 saturated carbocycles. The van der Waals surface area contributed by atoms with Gasteiger partial charge in [0.05, 0.1) is 29.5 Å². The van der Waals surface area contributed by atoms with Crippen molar-refractivity contribution in [1.29, 1.82) is 0 Å². The van der Waals surface area contributed by atoms with Gasteiger partial charge >= 0.3 is 0 Å². The summed E-state index contributed by atoms with van der Waals surface area (Å²) in [6.07, 6.45) is 5.38. The number of hydrogen-bond acceptors (Lipinski definition) is 4. The summed E-state index contributed by atoms with van der Waals surface area (Å²) in [5.74, 6) is 4.33. The van der Waals surface area contributed by atoms with Crippen molar-refractivity contribution in [2.45, 2.75) is 46.0 Å². The van der Waals surface area contributed by atoms with Crippen LogP contribution in [0.2, 0.25) is 0 Å². The van der Waals surface area contributed by atoms with Gasteiger partial charge in [-0.15, -0.1) is 0 Å². The van der Waals surface area contributed by atoms with Crippen LogP contribution in [0.15, 0.2) is 127 Å². The number of nitrogens with zero attached hydrogens (tertiary/aromatic N) is 4. The SMILES string of the molecule is COc1ccnc(-n2c3ccccc3c3ccc(Oc4cccc(-n5nc(C)c(C6C(C)=C[C@H](c7ccccc7)C[C@@H]6C)c5C)c4)cc32)c1. The maximum Gasteiger partial charge on any atom is 0.141 e. The van der Waals surface area contributed by atoms with Gasteiger partial charge in [-0.25, -0.2) is 9.67 Å². The molecule has 49 heavy (non-hydrogen) atoms. The first-order valence-electron chi connectivity index (χ1n) is 17.0. The molecule has 0 bridgehead atoms. The number of ether oxygens (including phenoxy) is 2. The van der Waals surface area contributed by atoms with Crippen molar-refractivity contribution >= 4 is 21.8 Å². The summed E-state index contributed by atoms with van der Waals surface area (Å²) in [6, 6.07) is 37.6. The number of fused-ring (bicyclic) bond motifs is 3. The largest absolute Gasteiger partial charge is 0.497 e. The smallest absolute Gasteiger partial charge is 0.141 e. The first-order chi connectivity index (χ1) is 23.9. The third-order valence-electron chi connectivity index (χ3n) is 10.2. The minimum absolute atomic E-state index is 0.339. The Kier molecular flexibility index (Phi) is 7.79. The Balaban J connectivity index is 1.12. The Bertz CT molecular complexity index is 2350. The van der Waals surface area contributed by atoms with Crippen molar-refractivity contribution in [3.05, 3.63) is 150 Å². The molecule has 6 heteroatoms. The average molecular weight is 645 g/mol. The van der Waals surface area contributed by atoms with Crippen molar-refractivity contribution in [3.63, 3.8) is 0 Å². The van der Waals surface area contributed by atoms with E-state index in [2.05, 4.69) is 122 Å². The van der Waals surface area contributed by atoms with E-state index >= 15 is 0 Å². The number of para-hydroxylation sites is 1. The molecule has 0 spiro atoms. The molecule has 6 nitrogen and oxygen atoms in total. The van der Waals surface area contributed by atoms with Gasteiger partial charge in [0, 0.05) is 58.3 Å². The van der Waals surface area contributed by atoms with Crippen molar-refractivity contribution in [2.24, 2.45) is 5.92 Å². The minimum atomic E-state index is 0.339. The van der Waals surface area contributed by atoms with Crippen molar-refractivity contribution < 1.29 is 9.47 Å². The van der Waals surface area contributed by atoms with Gasteiger partial charge in [0.25, 0.3) is 0 Å². The molecule has 4 aromatic carbocycles. The molecule has 0 N–H and O–H groups in total. The van der Waals surface area contributed by atoms with E-state index in [1.54, 1.807) is 13.3 Å². The predicted octanol–water partition coefficient (Wildman–Crippen LogP) is 10.6. The second kappa shape index (κ2) is 12.4. The molecule has 7 aromatic rings. The van der Waals surface area contributed by atoms with E-state index in [-0.39, 0.29) is 0 Å². The second-order valence-electron chi connectivity index (χ2n) is 13.3. The Morgan fingerprint density at radius 1 is 0.735 bits per heavy atom. The normalized spacial score (nSPS) is 17.7. The van der Waals surface area contributed by atoms with E-state index in [4.69, 9.17) is 19.6 Å². The number of methoxy groups -OCH3 is 1. The maximum absolute atomic E-state index is 6.55. The molecule has 0 amide bonds.